The summed E-state index contributed by atoms with van der Waals surface area (Å²) in [4.78, 5) is 12.7. The van der Waals surface area contributed by atoms with Crippen LogP contribution in [0.15, 0.2) is 0 Å². The molecule has 0 heterocycles. The molecule has 4 nitrogen and oxygen atoms in total. The van der Waals surface area contributed by atoms with E-state index >= 15 is 0 Å². The molecule has 0 unspecified atom stereocenters. The van der Waals surface area contributed by atoms with Gasteiger partial charge in [0.05, 0.1) is 13.1 Å². The molecular formula is C10H21F2N3O. The number of nitrogens with one attached hydrogen (secondary N) is 1. The summed E-state index contributed by atoms with van der Waals surface area (Å²) in [7, 11) is 0. The van der Waals surface area contributed by atoms with Gasteiger partial charge in [0.25, 0.3) is 6.43 Å². The highest BCUT2D eigenvalue weighted by molar-refractivity contribution is 5.77. The number of alkyl halides is 2. The second kappa shape index (κ2) is 9.47. The molecule has 0 saturated carbocycles. The standard InChI is InChI=1S/C10H21F2N3O/c1-2-3-5-14-10(16)8-15(6-4-13)7-9(11)12/h9H,2-8,13H2,1H3,(H,14,16). The quantitative estimate of drug-likeness (QED) is 0.572. The van der Waals surface area contributed by atoms with E-state index in [2.05, 4.69) is 5.32 Å². The highest BCUT2D eigenvalue weighted by Gasteiger charge is 2.14. The molecule has 1 amide bonds. The number of hydrogen-bond acceptors (Lipinski definition) is 3. The first-order chi connectivity index (χ1) is 7.60. The van der Waals surface area contributed by atoms with Gasteiger partial charge in [-0.2, -0.15) is 0 Å². The van der Waals surface area contributed by atoms with E-state index in [1.54, 1.807) is 0 Å². The Balaban J connectivity index is 3.83. The zero-order valence-electron chi connectivity index (χ0n) is 9.72. The Morgan fingerprint density at radius 3 is 2.69 bits per heavy atom. The van der Waals surface area contributed by atoms with Crippen LogP contribution in [0.3, 0.4) is 0 Å². The first kappa shape index (κ1) is 15.2. The van der Waals surface area contributed by atoms with Crippen LogP contribution in [0, 0.1) is 0 Å². The Kier molecular flexibility index (Phi) is 9.03. The van der Waals surface area contributed by atoms with Crippen molar-refractivity contribution in [3.63, 3.8) is 0 Å². The van der Waals surface area contributed by atoms with Crippen molar-refractivity contribution in [3.8, 4) is 0 Å². The maximum atomic E-state index is 12.2. The minimum Gasteiger partial charge on any atom is -0.355 e. The van der Waals surface area contributed by atoms with Crippen LogP contribution in [0.5, 0.6) is 0 Å². The Hall–Kier alpha value is -0.750. The number of hydrogen-bond donors (Lipinski definition) is 2. The van der Waals surface area contributed by atoms with E-state index in [1.165, 1.54) is 4.90 Å². The molecule has 0 saturated heterocycles. The lowest BCUT2D eigenvalue weighted by Gasteiger charge is -2.20. The zero-order chi connectivity index (χ0) is 12.4. The van der Waals surface area contributed by atoms with Crippen LogP contribution in [-0.4, -0.2) is 50.0 Å². The third kappa shape index (κ3) is 8.55. The SMILES string of the molecule is CCCCNC(=O)CN(CCN)CC(F)F. The summed E-state index contributed by atoms with van der Waals surface area (Å²) in [6.45, 7) is 2.79. The van der Waals surface area contributed by atoms with E-state index in [0.29, 0.717) is 13.1 Å². The first-order valence-corrected chi connectivity index (χ1v) is 5.57. The van der Waals surface area contributed by atoms with Gasteiger partial charge in [-0.05, 0) is 6.42 Å². The lowest BCUT2D eigenvalue weighted by atomic mass is 10.3. The number of nitrogens with two attached hydrogens (primary N) is 1. The second-order valence-corrected chi connectivity index (χ2v) is 3.62. The van der Waals surface area contributed by atoms with Crippen molar-refractivity contribution in [3.05, 3.63) is 0 Å². The van der Waals surface area contributed by atoms with Crippen LogP contribution in [-0.2, 0) is 4.79 Å². The van der Waals surface area contributed by atoms with Gasteiger partial charge in [-0.15, -0.1) is 0 Å². The van der Waals surface area contributed by atoms with Crippen molar-refractivity contribution in [1.29, 1.82) is 0 Å². The van der Waals surface area contributed by atoms with Gasteiger partial charge >= 0.3 is 0 Å². The number of carbonyl (C=O) groups is 1. The van der Waals surface area contributed by atoms with E-state index in [4.69, 9.17) is 5.73 Å². The number of unbranched alkanes of at least 4 members (excludes halogenated alkanes) is 1. The Morgan fingerprint density at radius 2 is 2.19 bits per heavy atom. The Bertz CT molecular complexity index is 191. The predicted octanol–water partition coefficient (Wildman–Crippen LogP) is 0.429. The number of rotatable bonds is 9. The molecule has 96 valence electrons. The van der Waals surface area contributed by atoms with Crippen molar-refractivity contribution in [2.45, 2.75) is 26.2 Å². The summed E-state index contributed by atoms with van der Waals surface area (Å²) >= 11 is 0. The molecule has 0 aromatic carbocycles. The summed E-state index contributed by atoms with van der Waals surface area (Å²) in [5, 5.41) is 2.68. The topological polar surface area (TPSA) is 58.4 Å². The molecule has 0 aliphatic carbocycles. The summed E-state index contributed by atoms with van der Waals surface area (Å²) in [6, 6.07) is 0. The van der Waals surface area contributed by atoms with Gasteiger partial charge in [0.2, 0.25) is 5.91 Å². The zero-order valence-corrected chi connectivity index (χ0v) is 9.72. The van der Waals surface area contributed by atoms with E-state index in [1.807, 2.05) is 6.92 Å². The summed E-state index contributed by atoms with van der Waals surface area (Å²) in [5.74, 6) is -0.220. The average Bonchev–Trinajstić information content (AvgIpc) is 2.17. The van der Waals surface area contributed by atoms with Gasteiger partial charge in [-0.3, -0.25) is 9.69 Å². The fourth-order valence-corrected chi connectivity index (χ4v) is 1.28. The molecule has 0 rings (SSSR count). The van der Waals surface area contributed by atoms with Gasteiger partial charge < -0.3 is 11.1 Å². The van der Waals surface area contributed by atoms with Crippen LogP contribution >= 0.6 is 0 Å². The normalized spacial score (nSPS) is 11.1. The van der Waals surface area contributed by atoms with Crippen molar-refractivity contribution in [1.82, 2.24) is 10.2 Å². The summed E-state index contributed by atoms with van der Waals surface area (Å²) < 4.78 is 24.3. The van der Waals surface area contributed by atoms with Crippen molar-refractivity contribution in [2.75, 3.05) is 32.7 Å². The molecule has 0 bridgehead atoms. The van der Waals surface area contributed by atoms with Crippen molar-refractivity contribution < 1.29 is 13.6 Å². The van der Waals surface area contributed by atoms with Crippen LogP contribution < -0.4 is 11.1 Å². The van der Waals surface area contributed by atoms with Gasteiger partial charge in [0, 0.05) is 19.6 Å². The smallest absolute Gasteiger partial charge is 0.251 e. The summed E-state index contributed by atoms with van der Waals surface area (Å²) in [6.07, 6.45) is -0.545. The molecule has 0 spiro atoms. The predicted molar refractivity (Wildman–Crippen MR) is 59.4 cm³/mol. The molecular weight excluding hydrogens is 216 g/mol. The molecule has 6 heteroatoms. The minimum absolute atomic E-state index is 0.00868. The van der Waals surface area contributed by atoms with Gasteiger partial charge in [0.15, 0.2) is 0 Å². The highest BCUT2D eigenvalue weighted by atomic mass is 19.3. The molecule has 0 aliphatic heterocycles. The van der Waals surface area contributed by atoms with Gasteiger partial charge in [-0.1, -0.05) is 13.3 Å². The van der Waals surface area contributed by atoms with Crippen molar-refractivity contribution >= 4 is 5.91 Å². The van der Waals surface area contributed by atoms with E-state index in [0.717, 1.165) is 12.8 Å². The molecule has 16 heavy (non-hydrogen) atoms. The molecule has 0 fully saturated rings. The third-order valence-electron chi connectivity index (χ3n) is 2.06. The Labute approximate surface area is 95.2 Å². The first-order valence-electron chi connectivity index (χ1n) is 5.57. The van der Waals surface area contributed by atoms with Crippen LogP contribution in [0.4, 0.5) is 8.78 Å². The van der Waals surface area contributed by atoms with E-state index < -0.39 is 13.0 Å². The lowest BCUT2D eigenvalue weighted by molar-refractivity contribution is -0.122. The average molecular weight is 237 g/mol. The van der Waals surface area contributed by atoms with Gasteiger partial charge in [-0.25, -0.2) is 8.78 Å². The molecule has 3 N–H and O–H groups in total. The molecule has 0 aromatic rings. The minimum atomic E-state index is -2.44. The highest BCUT2D eigenvalue weighted by Crippen LogP contribution is 1.97. The molecule has 0 aliphatic rings. The molecule has 0 atom stereocenters. The largest absolute Gasteiger partial charge is 0.355 e. The van der Waals surface area contributed by atoms with E-state index in [9.17, 15) is 13.6 Å². The molecule has 0 radical (unpaired) electrons. The molecule has 0 aromatic heterocycles. The van der Waals surface area contributed by atoms with E-state index in [-0.39, 0.29) is 19.0 Å². The monoisotopic (exact) mass is 237 g/mol. The van der Waals surface area contributed by atoms with Gasteiger partial charge in [0.1, 0.15) is 0 Å². The summed E-state index contributed by atoms with van der Waals surface area (Å²) in [5.41, 5.74) is 5.28. The van der Waals surface area contributed by atoms with Crippen molar-refractivity contribution in [2.24, 2.45) is 5.73 Å². The number of nitrogens with zero attached hydrogens (tertiary/aromatic N) is 1. The number of amides is 1. The fourth-order valence-electron chi connectivity index (χ4n) is 1.28. The third-order valence-corrected chi connectivity index (χ3v) is 2.06. The number of halogens is 2. The van der Waals surface area contributed by atoms with Crippen LogP contribution in [0.1, 0.15) is 19.8 Å². The van der Waals surface area contributed by atoms with Crippen LogP contribution in [0.2, 0.25) is 0 Å². The Morgan fingerprint density at radius 1 is 1.50 bits per heavy atom. The second-order valence-electron chi connectivity index (χ2n) is 3.62. The lowest BCUT2D eigenvalue weighted by Crippen LogP contribution is -2.41. The number of carbonyl (C=O) groups excluding carboxylic acids is 1. The van der Waals surface area contributed by atoms with Crippen LogP contribution in [0.25, 0.3) is 0 Å². The maximum Gasteiger partial charge on any atom is 0.251 e. The fraction of sp³-hybridized carbons (Fsp3) is 0.900. The maximum absolute atomic E-state index is 12.2.